The van der Waals surface area contributed by atoms with Crippen LogP contribution in [0.3, 0.4) is 0 Å². The van der Waals surface area contributed by atoms with Crippen molar-refractivity contribution in [2.24, 2.45) is 5.92 Å². The SMILES string of the molecule is COc1ccc(C(=O)NC2CCN(C(=O)/C=C/C3CCCC3)CC2)cc1OC. The molecule has 6 nitrogen and oxygen atoms in total. The van der Waals surface area contributed by atoms with Crippen LogP contribution in [0.25, 0.3) is 0 Å². The first-order valence-electron chi connectivity index (χ1n) is 10.1. The third-order valence-corrected chi connectivity index (χ3v) is 5.70. The number of carbonyl (C=O) groups is 2. The van der Waals surface area contributed by atoms with Gasteiger partial charge in [0.1, 0.15) is 0 Å². The van der Waals surface area contributed by atoms with Crippen LogP contribution < -0.4 is 14.8 Å². The highest BCUT2D eigenvalue weighted by molar-refractivity contribution is 5.95. The quantitative estimate of drug-likeness (QED) is 0.763. The predicted molar refractivity (Wildman–Crippen MR) is 108 cm³/mol. The molecule has 0 radical (unpaired) electrons. The molecule has 1 aliphatic heterocycles. The zero-order valence-electron chi connectivity index (χ0n) is 16.8. The molecule has 1 saturated heterocycles. The lowest BCUT2D eigenvalue weighted by molar-refractivity contribution is -0.127. The van der Waals surface area contributed by atoms with Crippen LogP contribution in [-0.4, -0.2) is 50.1 Å². The van der Waals surface area contributed by atoms with Crippen LogP contribution in [0.4, 0.5) is 0 Å². The Morgan fingerprint density at radius 3 is 2.36 bits per heavy atom. The molecule has 1 N–H and O–H groups in total. The van der Waals surface area contributed by atoms with Gasteiger partial charge in [0.2, 0.25) is 5.91 Å². The standard InChI is InChI=1S/C22H30N2O4/c1-27-19-9-8-17(15-20(19)28-2)22(26)23-18-11-13-24(14-12-18)21(25)10-7-16-5-3-4-6-16/h7-10,15-16,18H,3-6,11-14H2,1-2H3,(H,23,26)/b10-7+. The van der Waals surface area contributed by atoms with Gasteiger partial charge in [-0.25, -0.2) is 0 Å². The summed E-state index contributed by atoms with van der Waals surface area (Å²) in [5.74, 6) is 1.66. The van der Waals surface area contributed by atoms with Gasteiger partial charge >= 0.3 is 0 Å². The maximum absolute atomic E-state index is 12.5. The topological polar surface area (TPSA) is 67.9 Å². The Morgan fingerprint density at radius 2 is 1.71 bits per heavy atom. The molecule has 152 valence electrons. The van der Waals surface area contributed by atoms with Crippen molar-refractivity contribution in [1.29, 1.82) is 0 Å². The predicted octanol–water partition coefficient (Wildman–Crippen LogP) is 3.17. The molecule has 2 aliphatic rings. The van der Waals surface area contributed by atoms with Crippen molar-refractivity contribution in [3.63, 3.8) is 0 Å². The number of methoxy groups -OCH3 is 2. The number of ether oxygens (including phenoxy) is 2. The summed E-state index contributed by atoms with van der Waals surface area (Å²) in [4.78, 5) is 26.8. The monoisotopic (exact) mass is 386 g/mol. The van der Waals surface area contributed by atoms with E-state index >= 15 is 0 Å². The minimum Gasteiger partial charge on any atom is -0.493 e. The van der Waals surface area contributed by atoms with Crippen LogP contribution in [-0.2, 0) is 4.79 Å². The van der Waals surface area contributed by atoms with Crippen LogP contribution >= 0.6 is 0 Å². The van der Waals surface area contributed by atoms with E-state index in [1.165, 1.54) is 25.7 Å². The Bertz CT molecular complexity index is 717. The number of nitrogens with one attached hydrogen (secondary N) is 1. The van der Waals surface area contributed by atoms with E-state index in [2.05, 4.69) is 11.4 Å². The average Bonchev–Trinajstić information content (AvgIpc) is 3.25. The van der Waals surface area contributed by atoms with Crippen molar-refractivity contribution in [3.05, 3.63) is 35.9 Å². The maximum Gasteiger partial charge on any atom is 0.251 e. The average molecular weight is 386 g/mol. The molecule has 1 aliphatic carbocycles. The van der Waals surface area contributed by atoms with E-state index in [9.17, 15) is 9.59 Å². The van der Waals surface area contributed by atoms with Crippen LogP contribution in [0.2, 0.25) is 0 Å². The van der Waals surface area contributed by atoms with Crippen LogP contribution in [0.5, 0.6) is 11.5 Å². The minimum absolute atomic E-state index is 0.0726. The van der Waals surface area contributed by atoms with Crippen molar-refractivity contribution in [1.82, 2.24) is 10.2 Å². The van der Waals surface area contributed by atoms with Gasteiger partial charge in [0.05, 0.1) is 14.2 Å². The van der Waals surface area contributed by atoms with Gasteiger partial charge in [-0.1, -0.05) is 18.9 Å². The highest BCUT2D eigenvalue weighted by Gasteiger charge is 2.24. The highest BCUT2D eigenvalue weighted by atomic mass is 16.5. The summed E-state index contributed by atoms with van der Waals surface area (Å²) in [6.07, 6.45) is 10.3. The summed E-state index contributed by atoms with van der Waals surface area (Å²) in [5.41, 5.74) is 0.538. The molecule has 0 unspecified atom stereocenters. The number of carbonyl (C=O) groups excluding carboxylic acids is 2. The van der Waals surface area contributed by atoms with Gasteiger partial charge in [0, 0.05) is 24.7 Å². The van der Waals surface area contributed by atoms with E-state index in [0.717, 1.165) is 12.8 Å². The second-order valence-corrected chi connectivity index (χ2v) is 7.55. The molecule has 0 bridgehead atoms. The number of nitrogens with zero attached hydrogens (tertiary/aromatic N) is 1. The second-order valence-electron chi connectivity index (χ2n) is 7.55. The van der Waals surface area contributed by atoms with E-state index in [1.54, 1.807) is 38.5 Å². The fourth-order valence-electron chi connectivity index (χ4n) is 3.96. The third kappa shape index (κ3) is 5.06. The zero-order valence-corrected chi connectivity index (χ0v) is 16.8. The molecular formula is C22H30N2O4. The van der Waals surface area contributed by atoms with E-state index in [1.807, 2.05) is 4.90 Å². The first-order valence-corrected chi connectivity index (χ1v) is 10.1. The van der Waals surface area contributed by atoms with Gasteiger partial charge in [-0.2, -0.15) is 0 Å². The van der Waals surface area contributed by atoms with E-state index in [4.69, 9.17) is 9.47 Å². The smallest absolute Gasteiger partial charge is 0.251 e. The van der Waals surface area contributed by atoms with Crippen molar-refractivity contribution >= 4 is 11.8 Å². The van der Waals surface area contributed by atoms with Crippen LogP contribution in [0.1, 0.15) is 48.9 Å². The van der Waals surface area contributed by atoms with Crippen molar-refractivity contribution in [3.8, 4) is 11.5 Å². The Hall–Kier alpha value is -2.50. The molecule has 1 heterocycles. The van der Waals surface area contributed by atoms with Gasteiger partial charge in [0.25, 0.3) is 5.91 Å². The number of amides is 2. The van der Waals surface area contributed by atoms with Gasteiger partial charge < -0.3 is 19.7 Å². The summed E-state index contributed by atoms with van der Waals surface area (Å²) in [6.45, 7) is 1.34. The molecule has 3 rings (SSSR count). The van der Waals surface area contributed by atoms with Gasteiger partial charge in [0.15, 0.2) is 11.5 Å². The van der Waals surface area contributed by atoms with Crippen molar-refractivity contribution in [2.75, 3.05) is 27.3 Å². The molecule has 0 atom stereocenters. The molecule has 1 aromatic rings. The summed E-state index contributed by atoms with van der Waals surface area (Å²) < 4.78 is 10.5. The molecule has 0 spiro atoms. The van der Waals surface area contributed by atoms with Gasteiger partial charge in [-0.3, -0.25) is 9.59 Å². The van der Waals surface area contributed by atoms with Gasteiger partial charge in [-0.15, -0.1) is 0 Å². The summed E-state index contributed by atoms with van der Waals surface area (Å²) in [5, 5.41) is 3.07. The normalized spacial score (nSPS) is 18.4. The van der Waals surface area contributed by atoms with Crippen LogP contribution in [0, 0.1) is 5.92 Å². The largest absolute Gasteiger partial charge is 0.493 e. The number of allylic oxidation sites excluding steroid dienone is 1. The summed E-state index contributed by atoms with van der Waals surface area (Å²) in [6, 6.07) is 5.21. The van der Waals surface area contributed by atoms with Crippen LogP contribution in [0.15, 0.2) is 30.4 Å². The highest BCUT2D eigenvalue weighted by Crippen LogP contribution is 2.28. The minimum atomic E-state index is -0.133. The lowest BCUT2D eigenvalue weighted by atomic mass is 10.0. The summed E-state index contributed by atoms with van der Waals surface area (Å²) >= 11 is 0. The van der Waals surface area contributed by atoms with E-state index < -0.39 is 0 Å². The second kappa shape index (κ2) is 9.62. The fraction of sp³-hybridized carbons (Fsp3) is 0.545. The Kier molecular flexibility index (Phi) is 6.95. The first kappa shape index (κ1) is 20.2. The number of likely N-dealkylation sites (tertiary alicyclic amines) is 1. The molecule has 1 saturated carbocycles. The van der Waals surface area contributed by atoms with Crippen molar-refractivity contribution in [2.45, 2.75) is 44.6 Å². The van der Waals surface area contributed by atoms with Crippen molar-refractivity contribution < 1.29 is 19.1 Å². The molecule has 28 heavy (non-hydrogen) atoms. The number of hydrogen-bond acceptors (Lipinski definition) is 4. The van der Waals surface area contributed by atoms with E-state index in [-0.39, 0.29) is 17.9 Å². The molecule has 2 fully saturated rings. The number of hydrogen-bond donors (Lipinski definition) is 1. The molecule has 6 heteroatoms. The van der Waals surface area contributed by atoms with Gasteiger partial charge in [-0.05, 0) is 55.9 Å². The molecule has 1 aromatic carbocycles. The third-order valence-electron chi connectivity index (χ3n) is 5.70. The molecular weight excluding hydrogens is 356 g/mol. The Labute approximate surface area is 166 Å². The Balaban J connectivity index is 1.48. The first-order chi connectivity index (χ1) is 13.6. The Morgan fingerprint density at radius 1 is 1.04 bits per heavy atom. The van der Waals surface area contributed by atoms with E-state index in [0.29, 0.717) is 36.1 Å². The lowest BCUT2D eigenvalue weighted by Gasteiger charge is -2.31. The number of rotatable bonds is 6. The number of piperidine rings is 1. The number of benzene rings is 1. The fourth-order valence-corrected chi connectivity index (χ4v) is 3.96. The summed E-state index contributed by atoms with van der Waals surface area (Å²) in [7, 11) is 3.11. The molecule has 2 amide bonds. The lowest BCUT2D eigenvalue weighted by Crippen LogP contribution is -2.46. The molecule has 0 aromatic heterocycles. The maximum atomic E-state index is 12.5. The zero-order chi connectivity index (χ0) is 19.9.